The smallest absolute Gasteiger partial charge is 0.108 e. The number of aromatic nitrogens is 2. The molecule has 0 aliphatic carbocycles. The van der Waals surface area contributed by atoms with Gasteiger partial charge < -0.3 is 10.7 Å². The molecule has 3 N–H and O–H groups in total. The van der Waals surface area contributed by atoms with E-state index in [-0.39, 0.29) is 0 Å². The van der Waals surface area contributed by atoms with Crippen molar-refractivity contribution in [3.05, 3.63) is 53.9 Å². The Balaban J connectivity index is 1.74. The molecule has 0 saturated carbocycles. The van der Waals surface area contributed by atoms with Crippen molar-refractivity contribution in [1.29, 1.82) is 0 Å². The summed E-state index contributed by atoms with van der Waals surface area (Å²) in [5.74, 6) is 1.40. The van der Waals surface area contributed by atoms with E-state index in [9.17, 15) is 4.21 Å². The highest BCUT2D eigenvalue weighted by Crippen LogP contribution is 2.17. The molecule has 1 unspecified atom stereocenters. The first-order chi connectivity index (χ1) is 10.1. The molecule has 0 spiro atoms. The number of hydrogen-bond donors (Lipinski definition) is 2. The maximum atomic E-state index is 12.4. The topological polar surface area (TPSA) is 71.8 Å². The summed E-state index contributed by atoms with van der Waals surface area (Å²) >= 11 is 0. The molecule has 1 aromatic heterocycles. The maximum absolute atomic E-state index is 12.4. The fourth-order valence-electron chi connectivity index (χ4n) is 2.31. The molecule has 0 aliphatic heterocycles. The van der Waals surface area contributed by atoms with Crippen molar-refractivity contribution in [2.24, 2.45) is 0 Å². The van der Waals surface area contributed by atoms with Gasteiger partial charge in [0, 0.05) is 22.8 Å². The largest absolute Gasteiger partial charge is 0.399 e. The first-order valence-corrected chi connectivity index (χ1v) is 8.13. The third kappa shape index (κ3) is 2.97. The van der Waals surface area contributed by atoms with E-state index < -0.39 is 10.8 Å². The molecule has 0 amide bonds. The van der Waals surface area contributed by atoms with Crippen LogP contribution in [-0.2, 0) is 17.2 Å². The molecule has 3 rings (SSSR count). The zero-order chi connectivity index (χ0) is 14.8. The van der Waals surface area contributed by atoms with Crippen molar-refractivity contribution in [3.8, 4) is 0 Å². The molecule has 0 radical (unpaired) electrons. The predicted molar refractivity (Wildman–Crippen MR) is 86.7 cm³/mol. The molecule has 0 saturated heterocycles. The second-order valence-corrected chi connectivity index (χ2v) is 6.56. The average Bonchev–Trinajstić information content (AvgIpc) is 2.87. The lowest BCUT2D eigenvalue weighted by atomic mass is 10.2. The number of benzene rings is 2. The van der Waals surface area contributed by atoms with Gasteiger partial charge in [0.25, 0.3) is 0 Å². The SMILES string of the molecule is Cc1ccccc1S(=O)CCc1nc2ccc(N)cc2[nH]1. The number of nitrogen functional groups attached to an aromatic ring is 1. The van der Waals surface area contributed by atoms with Crippen molar-refractivity contribution in [1.82, 2.24) is 9.97 Å². The van der Waals surface area contributed by atoms with E-state index in [2.05, 4.69) is 9.97 Å². The Morgan fingerprint density at radius 3 is 2.86 bits per heavy atom. The van der Waals surface area contributed by atoms with E-state index in [1.54, 1.807) is 0 Å². The minimum absolute atomic E-state index is 0.556. The van der Waals surface area contributed by atoms with Crippen LogP contribution in [0.5, 0.6) is 0 Å². The highest BCUT2D eigenvalue weighted by Gasteiger charge is 2.09. The zero-order valence-corrected chi connectivity index (χ0v) is 12.6. The number of nitrogens with one attached hydrogen (secondary N) is 1. The molecule has 0 fully saturated rings. The highest BCUT2D eigenvalue weighted by atomic mass is 32.2. The molecular weight excluding hydrogens is 282 g/mol. The van der Waals surface area contributed by atoms with Crippen molar-refractivity contribution >= 4 is 27.5 Å². The van der Waals surface area contributed by atoms with Gasteiger partial charge in [0.15, 0.2) is 0 Å². The number of nitrogens with zero attached hydrogens (tertiary/aromatic N) is 1. The van der Waals surface area contributed by atoms with Crippen molar-refractivity contribution in [2.45, 2.75) is 18.2 Å². The van der Waals surface area contributed by atoms with E-state index in [4.69, 9.17) is 5.73 Å². The summed E-state index contributed by atoms with van der Waals surface area (Å²) in [7, 11) is -1.01. The molecule has 21 heavy (non-hydrogen) atoms. The molecule has 1 atom stereocenters. The van der Waals surface area contributed by atoms with E-state index >= 15 is 0 Å². The molecule has 4 nitrogen and oxygen atoms in total. The van der Waals surface area contributed by atoms with E-state index in [1.165, 1.54) is 0 Å². The van der Waals surface area contributed by atoms with Gasteiger partial charge in [-0.25, -0.2) is 4.98 Å². The number of hydrogen-bond acceptors (Lipinski definition) is 3. The van der Waals surface area contributed by atoms with Crippen LogP contribution in [0.2, 0.25) is 0 Å². The summed E-state index contributed by atoms with van der Waals surface area (Å²) in [6.07, 6.45) is 0.648. The van der Waals surface area contributed by atoms with Crippen LogP contribution >= 0.6 is 0 Å². The van der Waals surface area contributed by atoms with Gasteiger partial charge >= 0.3 is 0 Å². The first-order valence-electron chi connectivity index (χ1n) is 6.81. The fraction of sp³-hybridized carbons (Fsp3) is 0.188. The molecule has 2 aromatic carbocycles. The first kappa shape index (κ1) is 13.8. The van der Waals surface area contributed by atoms with Gasteiger partial charge in [0.05, 0.1) is 21.8 Å². The minimum atomic E-state index is -1.01. The van der Waals surface area contributed by atoms with Crippen molar-refractivity contribution in [2.75, 3.05) is 11.5 Å². The highest BCUT2D eigenvalue weighted by molar-refractivity contribution is 7.85. The Hall–Kier alpha value is -2.14. The van der Waals surface area contributed by atoms with Crippen LogP contribution in [-0.4, -0.2) is 19.9 Å². The second-order valence-electron chi connectivity index (χ2n) is 5.03. The quantitative estimate of drug-likeness (QED) is 0.728. The second kappa shape index (κ2) is 5.69. The third-order valence-electron chi connectivity index (χ3n) is 3.42. The Morgan fingerprint density at radius 2 is 2.05 bits per heavy atom. The molecule has 0 bridgehead atoms. The van der Waals surface area contributed by atoms with Crippen molar-refractivity contribution in [3.63, 3.8) is 0 Å². The van der Waals surface area contributed by atoms with Crippen LogP contribution in [0, 0.1) is 6.92 Å². The Labute approximate surface area is 125 Å². The van der Waals surface area contributed by atoms with Crippen LogP contribution in [0.15, 0.2) is 47.4 Å². The van der Waals surface area contributed by atoms with Crippen molar-refractivity contribution < 1.29 is 4.21 Å². The number of nitrogens with two attached hydrogens (primary N) is 1. The third-order valence-corrected chi connectivity index (χ3v) is 4.94. The molecule has 0 aliphatic rings. The summed E-state index contributed by atoms with van der Waals surface area (Å²) in [6.45, 7) is 1.98. The van der Waals surface area contributed by atoms with Crippen LogP contribution in [0.4, 0.5) is 5.69 Å². The lowest BCUT2D eigenvalue weighted by Crippen LogP contribution is -2.04. The number of anilines is 1. The summed E-state index contributed by atoms with van der Waals surface area (Å²) in [6, 6.07) is 13.4. The van der Waals surface area contributed by atoms with E-state index in [0.717, 1.165) is 27.3 Å². The van der Waals surface area contributed by atoms with Gasteiger partial charge in [-0.05, 0) is 36.8 Å². The van der Waals surface area contributed by atoms with Crippen LogP contribution in [0.3, 0.4) is 0 Å². The molecule has 5 heteroatoms. The Morgan fingerprint density at radius 1 is 1.24 bits per heavy atom. The lowest BCUT2D eigenvalue weighted by molar-refractivity contribution is 0.681. The number of H-pyrrole nitrogens is 1. The van der Waals surface area contributed by atoms with E-state index in [1.807, 2.05) is 49.4 Å². The molecular formula is C16H17N3OS. The number of aromatic amines is 1. The molecule has 108 valence electrons. The van der Waals surface area contributed by atoms with Gasteiger partial charge in [-0.3, -0.25) is 4.21 Å². The average molecular weight is 299 g/mol. The summed E-state index contributed by atoms with van der Waals surface area (Å²) in [5.41, 5.74) is 9.34. The summed E-state index contributed by atoms with van der Waals surface area (Å²) in [4.78, 5) is 8.63. The summed E-state index contributed by atoms with van der Waals surface area (Å²) in [5, 5.41) is 0. The lowest BCUT2D eigenvalue weighted by Gasteiger charge is -2.04. The Bertz CT molecular complexity index is 810. The molecule has 1 heterocycles. The van der Waals surface area contributed by atoms with Crippen LogP contribution in [0.25, 0.3) is 11.0 Å². The Kier molecular flexibility index (Phi) is 3.75. The van der Waals surface area contributed by atoms with Crippen LogP contribution in [0.1, 0.15) is 11.4 Å². The van der Waals surface area contributed by atoms with Gasteiger partial charge in [-0.1, -0.05) is 18.2 Å². The van der Waals surface area contributed by atoms with E-state index in [0.29, 0.717) is 17.9 Å². The molecule has 3 aromatic rings. The normalized spacial score (nSPS) is 12.6. The zero-order valence-electron chi connectivity index (χ0n) is 11.8. The van der Waals surface area contributed by atoms with Crippen LogP contribution < -0.4 is 5.73 Å². The van der Waals surface area contributed by atoms with Gasteiger partial charge in [-0.2, -0.15) is 0 Å². The maximum Gasteiger partial charge on any atom is 0.108 e. The number of aryl methyl sites for hydroxylation is 2. The number of imidazole rings is 1. The van der Waals surface area contributed by atoms with Gasteiger partial charge in [-0.15, -0.1) is 0 Å². The number of fused-ring (bicyclic) bond motifs is 1. The summed E-state index contributed by atoms with van der Waals surface area (Å²) < 4.78 is 12.4. The predicted octanol–water partition coefficient (Wildman–Crippen LogP) is 2.80. The number of rotatable bonds is 4. The standard InChI is InChI=1S/C16H17N3OS/c1-11-4-2-3-5-15(11)21(20)9-8-16-18-13-7-6-12(17)10-14(13)19-16/h2-7,10H,8-9,17H2,1H3,(H,18,19). The van der Waals surface area contributed by atoms with Gasteiger partial charge in [0.2, 0.25) is 0 Å². The minimum Gasteiger partial charge on any atom is -0.399 e. The fourth-order valence-corrected chi connectivity index (χ4v) is 3.57. The monoisotopic (exact) mass is 299 g/mol. The van der Waals surface area contributed by atoms with Gasteiger partial charge in [0.1, 0.15) is 5.82 Å².